The Morgan fingerprint density at radius 1 is 0.892 bits per heavy atom. The van der Waals surface area contributed by atoms with E-state index in [1.807, 2.05) is 36.4 Å². The Morgan fingerprint density at radius 3 is 2.27 bits per heavy atom. The summed E-state index contributed by atoms with van der Waals surface area (Å²) in [5, 5.41) is 3.04. The van der Waals surface area contributed by atoms with E-state index < -0.39 is 16.9 Å². The molecule has 3 aliphatic heterocycles. The molecule has 1 aliphatic carbocycles. The normalized spacial score (nSPS) is 26.9. The van der Waals surface area contributed by atoms with Gasteiger partial charge in [0.1, 0.15) is 5.41 Å². The molecular weight excluding hydrogens is 488 g/mol. The number of hydrogen-bond acceptors (Lipinski definition) is 7. The van der Waals surface area contributed by atoms with Gasteiger partial charge in [-0.1, -0.05) is 48.5 Å². The average molecular weight is 513 g/mol. The molecule has 1 N–H and O–H groups in total. The quantitative estimate of drug-likeness (QED) is 0.529. The van der Waals surface area contributed by atoms with E-state index in [2.05, 4.69) is 10.2 Å². The minimum absolute atomic E-state index is 0.220. The van der Waals surface area contributed by atoms with Gasteiger partial charge in [0.25, 0.3) is 5.91 Å². The molecule has 8 heteroatoms. The van der Waals surface area contributed by atoms with Crippen LogP contribution in [0.1, 0.15) is 37.8 Å². The van der Waals surface area contributed by atoms with E-state index in [-0.39, 0.29) is 23.5 Å². The molecule has 4 aliphatic rings. The van der Waals surface area contributed by atoms with Crippen LogP contribution in [0.4, 0.5) is 5.69 Å². The number of ether oxygens (including phenoxy) is 2. The number of carbonyl (C=O) groups excluding carboxylic acids is 3. The average Bonchev–Trinajstić information content (AvgIpc) is 3.63. The fourth-order valence-electron chi connectivity index (χ4n) is 7.28. The molecule has 37 heavy (non-hydrogen) atoms. The molecule has 2 saturated heterocycles. The summed E-state index contributed by atoms with van der Waals surface area (Å²) in [5.41, 5.74) is -0.274. The number of Topliss-reactive ketones (excluding diaryl/α,β-unsaturated/α-hetero) is 2. The van der Waals surface area contributed by atoms with Crippen molar-refractivity contribution in [2.75, 3.05) is 31.2 Å². The number of methoxy groups -OCH3 is 2. The number of carbonyl (C=O) groups is 3. The predicted molar refractivity (Wildman–Crippen MR) is 140 cm³/mol. The van der Waals surface area contributed by atoms with Crippen molar-refractivity contribution in [3.63, 3.8) is 0 Å². The number of thioether (sulfide) groups is 1. The van der Waals surface area contributed by atoms with Crippen LogP contribution in [-0.4, -0.2) is 54.3 Å². The van der Waals surface area contributed by atoms with Crippen LogP contribution in [0.15, 0.2) is 66.7 Å². The third-order valence-electron chi connectivity index (χ3n) is 8.57. The maximum atomic E-state index is 14.7. The molecule has 3 heterocycles. The highest BCUT2D eigenvalue weighted by Gasteiger charge is 2.82. The second kappa shape index (κ2) is 7.69. The van der Waals surface area contributed by atoms with E-state index in [1.54, 1.807) is 56.3 Å². The van der Waals surface area contributed by atoms with Crippen LogP contribution >= 0.6 is 11.8 Å². The fourth-order valence-corrected chi connectivity index (χ4v) is 8.58. The lowest BCUT2D eigenvalue weighted by molar-refractivity contribution is -0.129. The Bertz CT molecular complexity index is 1480. The van der Waals surface area contributed by atoms with Crippen molar-refractivity contribution in [1.29, 1.82) is 0 Å². The van der Waals surface area contributed by atoms with E-state index in [4.69, 9.17) is 9.47 Å². The molecule has 3 aromatic rings. The molecule has 0 saturated carbocycles. The highest BCUT2D eigenvalue weighted by Crippen LogP contribution is 2.70. The monoisotopic (exact) mass is 512 g/mol. The molecular formula is C29H24N2O5S. The maximum absolute atomic E-state index is 14.7. The van der Waals surface area contributed by atoms with Crippen molar-refractivity contribution in [2.45, 2.75) is 17.5 Å². The number of amides is 1. The van der Waals surface area contributed by atoms with Gasteiger partial charge in [-0.2, -0.15) is 0 Å². The molecule has 186 valence electrons. The van der Waals surface area contributed by atoms with Crippen molar-refractivity contribution in [3.8, 4) is 11.5 Å². The van der Waals surface area contributed by atoms with E-state index in [0.717, 1.165) is 5.56 Å². The summed E-state index contributed by atoms with van der Waals surface area (Å²) in [6.45, 7) is 0. The maximum Gasteiger partial charge on any atom is 0.251 e. The van der Waals surface area contributed by atoms with Crippen molar-refractivity contribution in [2.24, 2.45) is 5.41 Å². The molecule has 7 rings (SSSR count). The van der Waals surface area contributed by atoms with Crippen LogP contribution < -0.4 is 14.8 Å². The zero-order valence-electron chi connectivity index (χ0n) is 20.3. The number of rotatable bonds is 3. The largest absolute Gasteiger partial charge is 0.493 e. The van der Waals surface area contributed by atoms with Gasteiger partial charge in [0.2, 0.25) is 0 Å². The lowest BCUT2D eigenvalue weighted by Gasteiger charge is -2.42. The predicted octanol–water partition coefficient (Wildman–Crippen LogP) is 4.09. The molecule has 0 radical (unpaired) electrons. The number of hydrogen-bond donors (Lipinski definition) is 1. The number of ketones is 2. The summed E-state index contributed by atoms with van der Waals surface area (Å²) >= 11 is 1.72. The molecule has 0 aromatic heterocycles. The van der Waals surface area contributed by atoms with E-state index in [0.29, 0.717) is 45.5 Å². The Morgan fingerprint density at radius 2 is 1.57 bits per heavy atom. The second-order valence-electron chi connectivity index (χ2n) is 9.85. The Balaban J connectivity index is 1.60. The van der Waals surface area contributed by atoms with E-state index >= 15 is 0 Å². The minimum atomic E-state index is -1.67. The Kier molecular flexibility index (Phi) is 4.69. The SMILES string of the molecule is COc1ccc([C@H]2[C@@H]3CSCN3[C@@]3(C(=O)Nc4ccccc43)C23C(=O)c2ccccc2C3=O)cc1OC. The van der Waals surface area contributed by atoms with Crippen molar-refractivity contribution in [3.05, 3.63) is 89.0 Å². The standard InChI is InChI=1S/C29H24N2O5S/c1-35-22-12-11-16(13-23(22)36-2)24-21-14-37-15-31(21)29(19-9-5-6-10-20(19)30-27(29)34)28(24)25(32)17-7-3-4-8-18(17)26(28)33/h3-13,21,24H,14-15H2,1-2H3,(H,30,34)/t21-,24-,29-/m0/s1. The highest BCUT2D eigenvalue weighted by molar-refractivity contribution is 7.99. The molecule has 0 bridgehead atoms. The fraction of sp³-hybridized carbons (Fsp3) is 0.276. The Labute approximate surface area is 218 Å². The van der Waals surface area contributed by atoms with Gasteiger partial charge in [-0.25, -0.2) is 0 Å². The molecule has 2 spiro atoms. The molecule has 2 fully saturated rings. The van der Waals surface area contributed by atoms with Crippen LogP contribution in [-0.2, 0) is 10.3 Å². The number of anilines is 1. The first-order valence-corrected chi connectivity index (χ1v) is 13.3. The summed E-state index contributed by atoms with van der Waals surface area (Å²) in [5.74, 6) is 0.814. The lowest BCUT2D eigenvalue weighted by Crippen LogP contribution is -2.60. The molecule has 1 amide bonds. The molecule has 7 nitrogen and oxygen atoms in total. The Hall–Kier alpha value is -3.62. The number of nitrogens with one attached hydrogen (secondary N) is 1. The van der Waals surface area contributed by atoms with Crippen LogP contribution in [0.3, 0.4) is 0 Å². The molecule has 0 unspecified atom stereocenters. The van der Waals surface area contributed by atoms with Crippen LogP contribution in [0.5, 0.6) is 11.5 Å². The first kappa shape index (κ1) is 22.6. The summed E-state index contributed by atoms with van der Waals surface area (Å²) in [6.07, 6.45) is 0. The second-order valence-corrected chi connectivity index (χ2v) is 10.9. The number of benzene rings is 3. The summed E-state index contributed by atoms with van der Waals surface area (Å²) in [4.78, 5) is 45.9. The number of para-hydroxylation sites is 1. The van der Waals surface area contributed by atoms with Gasteiger partial charge >= 0.3 is 0 Å². The minimum Gasteiger partial charge on any atom is -0.493 e. The summed E-state index contributed by atoms with van der Waals surface area (Å²) in [7, 11) is 3.13. The van der Waals surface area contributed by atoms with Gasteiger partial charge in [0.15, 0.2) is 28.6 Å². The lowest BCUT2D eigenvalue weighted by atomic mass is 9.57. The van der Waals surface area contributed by atoms with Crippen LogP contribution in [0.25, 0.3) is 0 Å². The molecule has 3 aromatic carbocycles. The highest BCUT2D eigenvalue weighted by atomic mass is 32.2. The number of nitrogens with zero attached hydrogens (tertiary/aromatic N) is 1. The summed E-state index contributed by atoms with van der Waals surface area (Å²) < 4.78 is 11.1. The van der Waals surface area contributed by atoms with Gasteiger partial charge in [0, 0.05) is 46.0 Å². The smallest absolute Gasteiger partial charge is 0.251 e. The van der Waals surface area contributed by atoms with Crippen LogP contribution in [0, 0.1) is 5.41 Å². The van der Waals surface area contributed by atoms with Crippen molar-refractivity contribution in [1.82, 2.24) is 4.90 Å². The van der Waals surface area contributed by atoms with Crippen LogP contribution in [0.2, 0.25) is 0 Å². The summed E-state index contributed by atoms with van der Waals surface area (Å²) in [6, 6.07) is 19.8. The van der Waals surface area contributed by atoms with Gasteiger partial charge < -0.3 is 14.8 Å². The third-order valence-corrected chi connectivity index (χ3v) is 9.60. The number of fused-ring (bicyclic) bond motifs is 6. The zero-order valence-corrected chi connectivity index (χ0v) is 21.1. The van der Waals surface area contributed by atoms with E-state index in [9.17, 15) is 14.4 Å². The molecule has 3 atom stereocenters. The first-order valence-electron chi connectivity index (χ1n) is 12.2. The van der Waals surface area contributed by atoms with Gasteiger partial charge in [-0.15, -0.1) is 11.8 Å². The van der Waals surface area contributed by atoms with Crippen molar-refractivity contribution < 1.29 is 23.9 Å². The van der Waals surface area contributed by atoms with Gasteiger partial charge in [-0.3, -0.25) is 19.3 Å². The third kappa shape index (κ3) is 2.45. The zero-order chi connectivity index (χ0) is 25.5. The first-order chi connectivity index (χ1) is 18.0. The van der Waals surface area contributed by atoms with E-state index in [1.165, 1.54) is 0 Å². The van der Waals surface area contributed by atoms with Gasteiger partial charge in [0.05, 0.1) is 14.2 Å². The van der Waals surface area contributed by atoms with Gasteiger partial charge in [-0.05, 0) is 23.8 Å². The van der Waals surface area contributed by atoms with Crippen molar-refractivity contribution >= 4 is 34.9 Å². The topological polar surface area (TPSA) is 84.9 Å².